The molecule has 56 valence electrons. The summed E-state index contributed by atoms with van der Waals surface area (Å²) in [5, 5.41) is 0. The summed E-state index contributed by atoms with van der Waals surface area (Å²) in [6.45, 7) is 7.71. The summed E-state index contributed by atoms with van der Waals surface area (Å²) in [5.74, 6) is 0. The van der Waals surface area contributed by atoms with Crippen LogP contribution in [0.2, 0.25) is 0 Å². The van der Waals surface area contributed by atoms with Gasteiger partial charge in [-0.3, -0.25) is 0 Å². The van der Waals surface area contributed by atoms with Crippen LogP contribution in [-0.2, 0) is 0 Å². The highest BCUT2D eigenvalue weighted by atomic mass is 79.9. The molecule has 0 saturated heterocycles. The van der Waals surface area contributed by atoms with Crippen molar-refractivity contribution in [1.29, 1.82) is 0 Å². The Balaban J connectivity index is 4.03. The molecule has 0 N–H and O–H groups in total. The van der Waals surface area contributed by atoms with Gasteiger partial charge in [0, 0.05) is 6.20 Å². The van der Waals surface area contributed by atoms with Crippen LogP contribution in [0.1, 0.15) is 20.3 Å². The van der Waals surface area contributed by atoms with Crippen molar-refractivity contribution in [3.05, 3.63) is 24.4 Å². The summed E-state index contributed by atoms with van der Waals surface area (Å²) in [6, 6.07) is 0. The molecule has 0 aromatic rings. The molecule has 0 fully saturated rings. The smallest absolute Gasteiger partial charge is 0.105 e. The predicted molar refractivity (Wildman–Crippen MR) is 50.6 cm³/mol. The number of hydrogen-bond acceptors (Lipinski definition) is 1. The monoisotopic (exact) mass is 201 g/mol. The minimum atomic E-state index is 0.778. The lowest BCUT2D eigenvalue weighted by Crippen LogP contribution is -1.75. The normalized spacial score (nSPS) is 13.5. The highest BCUT2D eigenvalue weighted by Gasteiger charge is 1.82. The van der Waals surface area contributed by atoms with Gasteiger partial charge in [0.1, 0.15) is 4.62 Å². The van der Waals surface area contributed by atoms with Crippen molar-refractivity contribution in [2.24, 2.45) is 4.99 Å². The van der Waals surface area contributed by atoms with E-state index in [0.29, 0.717) is 0 Å². The van der Waals surface area contributed by atoms with Crippen molar-refractivity contribution < 1.29 is 0 Å². The van der Waals surface area contributed by atoms with E-state index < -0.39 is 0 Å². The maximum atomic E-state index is 4.07. The number of halogens is 1. The average Bonchev–Trinajstić information content (AvgIpc) is 1.99. The molecule has 1 nitrogen and oxygen atoms in total. The van der Waals surface area contributed by atoms with E-state index in [9.17, 15) is 0 Å². The lowest BCUT2D eigenvalue weighted by atomic mass is 10.3. The Hall–Kier alpha value is -0.370. The Labute approximate surface area is 70.7 Å². The summed E-state index contributed by atoms with van der Waals surface area (Å²) in [6.07, 6.45) is 4.55. The molecule has 0 aliphatic heterocycles. The Morgan fingerprint density at radius 1 is 1.70 bits per heavy atom. The van der Waals surface area contributed by atoms with E-state index in [4.69, 9.17) is 0 Å². The molecule has 0 atom stereocenters. The second-order valence-corrected chi connectivity index (χ2v) is 2.80. The zero-order chi connectivity index (χ0) is 7.98. The lowest BCUT2D eigenvalue weighted by molar-refractivity contribution is 1.09. The minimum absolute atomic E-state index is 0.778. The maximum Gasteiger partial charge on any atom is 0.105 e. The fourth-order valence-electron chi connectivity index (χ4n) is 0.316. The first-order valence-corrected chi connectivity index (χ1v) is 4.01. The van der Waals surface area contributed by atoms with Crippen LogP contribution in [0.25, 0.3) is 0 Å². The van der Waals surface area contributed by atoms with Crippen LogP contribution in [0.5, 0.6) is 0 Å². The van der Waals surface area contributed by atoms with Gasteiger partial charge in [-0.05, 0) is 35.4 Å². The van der Waals surface area contributed by atoms with Gasteiger partial charge in [-0.1, -0.05) is 19.1 Å². The van der Waals surface area contributed by atoms with Gasteiger partial charge < -0.3 is 0 Å². The van der Waals surface area contributed by atoms with Crippen molar-refractivity contribution in [2.45, 2.75) is 20.3 Å². The Kier molecular flexibility index (Phi) is 5.22. The van der Waals surface area contributed by atoms with Crippen molar-refractivity contribution in [3.8, 4) is 0 Å². The van der Waals surface area contributed by atoms with Crippen LogP contribution in [0, 0.1) is 0 Å². The first-order valence-electron chi connectivity index (χ1n) is 3.22. The molecule has 0 aromatic heterocycles. The van der Waals surface area contributed by atoms with Crippen molar-refractivity contribution in [1.82, 2.24) is 0 Å². The first-order chi connectivity index (χ1) is 4.70. The van der Waals surface area contributed by atoms with Crippen LogP contribution in [-0.4, -0.2) is 4.62 Å². The van der Waals surface area contributed by atoms with Crippen LogP contribution < -0.4 is 0 Å². The van der Waals surface area contributed by atoms with E-state index in [-0.39, 0.29) is 0 Å². The van der Waals surface area contributed by atoms with E-state index in [2.05, 4.69) is 34.4 Å². The van der Waals surface area contributed by atoms with Crippen molar-refractivity contribution in [3.63, 3.8) is 0 Å². The van der Waals surface area contributed by atoms with Gasteiger partial charge in [-0.15, -0.1) is 0 Å². The standard InChI is InChI=1S/C8H12BrN/c1-4-7(3)6-10-8(9)5-2/h5-6H,2,4H2,1,3H3/b7-6-,10-8?. The van der Waals surface area contributed by atoms with Crippen molar-refractivity contribution in [2.75, 3.05) is 0 Å². The van der Waals surface area contributed by atoms with Gasteiger partial charge in [0.2, 0.25) is 0 Å². The largest absolute Gasteiger partial charge is 0.249 e. The van der Waals surface area contributed by atoms with Crippen LogP contribution >= 0.6 is 15.9 Å². The van der Waals surface area contributed by atoms with E-state index >= 15 is 0 Å². The molecule has 0 rings (SSSR count). The van der Waals surface area contributed by atoms with Gasteiger partial charge >= 0.3 is 0 Å². The van der Waals surface area contributed by atoms with E-state index in [1.165, 1.54) is 5.57 Å². The Morgan fingerprint density at radius 3 is 2.70 bits per heavy atom. The summed E-state index contributed by atoms with van der Waals surface area (Å²) in [5.41, 5.74) is 1.26. The molecule has 2 heteroatoms. The van der Waals surface area contributed by atoms with Gasteiger partial charge in [0.25, 0.3) is 0 Å². The molecule has 0 heterocycles. The molecule has 0 radical (unpaired) electrons. The van der Waals surface area contributed by atoms with Gasteiger partial charge in [-0.2, -0.15) is 0 Å². The number of rotatable bonds is 3. The molecular formula is C8H12BrN. The zero-order valence-electron chi connectivity index (χ0n) is 6.39. The molecule has 0 aliphatic carbocycles. The fraction of sp³-hybridized carbons (Fsp3) is 0.375. The fourth-order valence-corrected chi connectivity index (χ4v) is 0.418. The second kappa shape index (κ2) is 5.42. The highest BCUT2D eigenvalue weighted by Crippen LogP contribution is 1.99. The molecule has 0 unspecified atom stereocenters. The minimum Gasteiger partial charge on any atom is -0.249 e. The SMILES string of the molecule is C=CC(Br)=N/C=C(/C)CC. The van der Waals surface area contributed by atoms with Crippen LogP contribution in [0.4, 0.5) is 0 Å². The number of allylic oxidation sites excluding steroid dienone is 2. The molecule has 0 saturated carbocycles. The predicted octanol–water partition coefficient (Wildman–Crippen LogP) is 3.28. The van der Waals surface area contributed by atoms with Crippen LogP contribution in [0.3, 0.4) is 0 Å². The molecular weight excluding hydrogens is 190 g/mol. The van der Waals surface area contributed by atoms with E-state index in [1.54, 1.807) is 6.08 Å². The summed E-state index contributed by atoms with van der Waals surface area (Å²) in [4.78, 5) is 4.07. The maximum absolute atomic E-state index is 4.07. The zero-order valence-corrected chi connectivity index (χ0v) is 7.98. The molecule has 0 aliphatic rings. The van der Waals surface area contributed by atoms with Gasteiger partial charge in [0.05, 0.1) is 0 Å². The van der Waals surface area contributed by atoms with Gasteiger partial charge in [0.15, 0.2) is 0 Å². The second-order valence-electron chi connectivity index (χ2n) is 1.98. The average molecular weight is 202 g/mol. The summed E-state index contributed by atoms with van der Waals surface area (Å²) < 4.78 is 0.778. The summed E-state index contributed by atoms with van der Waals surface area (Å²) in [7, 11) is 0. The van der Waals surface area contributed by atoms with Gasteiger partial charge in [-0.25, -0.2) is 4.99 Å². The third-order valence-electron chi connectivity index (χ3n) is 1.13. The molecule has 0 spiro atoms. The van der Waals surface area contributed by atoms with E-state index in [1.807, 2.05) is 13.1 Å². The number of aliphatic imine (C=N–C) groups is 1. The topological polar surface area (TPSA) is 12.4 Å². The molecule has 10 heavy (non-hydrogen) atoms. The number of hydrogen-bond donors (Lipinski definition) is 0. The molecule has 0 aromatic carbocycles. The molecule has 0 bridgehead atoms. The number of nitrogens with zero attached hydrogens (tertiary/aromatic N) is 1. The first kappa shape index (κ1) is 9.63. The third-order valence-corrected chi connectivity index (χ3v) is 1.66. The molecule has 0 amide bonds. The lowest BCUT2D eigenvalue weighted by Gasteiger charge is -1.89. The van der Waals surface area contributed by atoms with E-state index in [0.717, 1.165) is 11.0 Å². The van der Waals surface area contributed by atoms with Crippen LogP contribution in [0.15, 0.2) is 29.4 Å². The summed E-state index contributed by atoms with van der Waals surface area (Å²) >= 11 is 3.22. The third kappa shape index (κ3) is 4.50. The Bertz CT molecular complexity index is 168. The van der Waals surface area contributed by atoms with Crippen molar-refractivity contribution >= 4 is 20.6 Å². The quantitative estimate of drug-likeness (QED) is 0.622. The highest BCUT2D eigenvalue weighted by molar-refractivity contribution is 9.18. The Morgan fingerprint density at radius 2 is 2.30 bits per heavy atom.